The van der Waals surface area contributed by atoms with Crippen LogP contribution >= 0.6 is 0 Å². The number of rotatable bonds is 6. The molecule has 3 N–H and O–H groups in total. The number of nitrogens with one attached hydrogen (secondary N) is 2. The van der Waals surface area contributed by atoms with Crippen LogP contribution in [0, 0.1) is 0 Å². The van der Waals surface area contributed by atoms with Crippen LogP contribution in [-0.2, 0) is 0 Å². The minimum absolute atomic E-state index is 0.0430. The zero-order valence-corrected chi connectivity index (χ0v) is 10.1. The van der Waals surface area contributed by atoms with Gasteiger partial charge in [-0.2, -0.15) is 0 Å². The van der Waals surface area contributed by atoms with E-state index in [1.165, 1.54) is 0 Å². The maximum absolute atomic E-state index is 9.14. The number of aliphatic hydroxyl groups is 1. The lowest BCUT2D eigenvalue weighted by atomic mass is 10.1. The monoisotopic (exact) mass is 224 g/mol. The van der Waals surface area contributed by atoms with Crippen molar-refractivity contribution in [3.05, 3.63) is 12.4 Å². The van der Waals surface area contributed by atoms with Crippen molar-refractivity contribution in [3.63, 3.8) is 0 Å². The molecule has 0 saturated carbocycles. The van der Waals surface area contributed by atoms with Crippen molar-refractivity contribution in [3.8, 4) is 0 Å². The van der Waals surface area contributed by atoms with Crippen LogP contribution < -0.4 is 10.6 Å². The lowest BCUT2D eigenvalue weighted by Crippen LogP contribution is -2.35. The first-order chi connectivity index (χ1) is 7.57. The van der Waals surface area contributed by atoms with E-state index in [0.29, 0.717) is 5.82 Å². The molecule has 90 valence electrons. The molecule has 0 bridgehead atoms. The summed E-state index contributed by atoms with van der Waals surface area (Å²) < 4.78 is 0. The summed E-state index contributed by atoms with van der Waals surface area (Å²) in [7, 11) is 0. The van der Waals surface area contributed by atoms with E-state index in [2.05, 4.69) is 27.5 Å². The van der Waals surface area contributed by atoms with E-state index >= 15 is 0 Å². The third-order valence-corrected chi connectivity index (χ3v) is 2.05. The summed E-state index contributed by atoms with van der Waals surface area (Å²) in [5.41, 5.74) is -0.391. The van der Waals surface area contributed by atoms with E-state index < -0.39 is 5.54 Å². The average molecular weight is 224 g/mol. The van der Waals surface area contributed by atoms with Crippen LogP contribution in [0.5, 0.6) is 0 Å². The first kappa shape index (κ1) is 12.7. The Kier molecular flexibility index (Phi) is 4.49. The van der Waals surface area contributed by atoms with Crippen LogP contribution in [0.25, 0.3) is 0 Å². The topological polar surface area (TPSA) is 70.1 Å². The molecule has 1 aromatic heterocycles. The van der Waals surface area contributed by atoms with Crippen molar-refractivity contribution in [1.29, 1.82) is 0 Å². The number of aliphatic hydroxyl groups excluding tert-OH is 1. The van der Waals surface area contributed by atoms with Crippen LogP contribution in [0.1, 0.15) is 27.2 Å². The van der Waals surface area contributed by atoms with Crippen molar-refractivity contribution in [2.45, 2.75) is 32.7 Å². The first-order valence-electron chi connectivity index (χ1n) is 5.52. The normalized spacial score (nSPS) is 11.2. The molecule has 0 spiro atoms. The van der Waals surface area contributed by atoms with E-state index in [4.69, 9.17) is 5.11 Å². The molecule has 0 amide bonds. The highest BCUT2D eigenvalue weighted by molar-refractivity contribution is 5.42. The molecule has 0 fully saturated rings. The quantitative estimate of drug-likeness (QED) is 0.683. The summed E-state index contributed by atoms with van der Waals surface area (Å²) in [5.74, 6) is 1.42. The highest BCUT2D eigenvalue weighted by Gasteiger charge is 2.16. The molecule has 5 heteroatoms. The maximum Gasteiger partial charge on any atom is 0.147 e. The van der Waals surface area contributed by atoms with E-state index in [1.54, 1.807) is 12.4 Å². The number of nitrogens with zero attached hydrogens (tertiary/aromatic N) is 2. The minimum atomic E-state index is -0.391. The molecule has 0 unspecified atom stereocenters. The van der Waals surface area contributed by atoms with Crippen molar-refractivity contribution in [2.24, 2.45) is 0 Å². The number of aromatic nitrogens is 2. The van der Waals surface area contributed by atoms with Gasteiger partial charge in [0.05, 0.1) is 24.5 Å². The van der Waals surface area contributed by atoms with Crippen molar-refractivity contribution in [1.82, 2.24) is 9.97 Å². The van der Waals surface area contributed by atoms with Gasteiger partial charge in [0.2, 0.25) is 0 Å². The summed E-state index contributed by atoms with van der Waals surface area (Å²) in [6.45, 7) is 6.82. The van der Waals surface area contributed by atoms with Gasteiger partial charge in [0.25, 0.3) is 0 Å². The van der Waals surface area contributed by atoms with Crippen molar-refractivity contribution in [2.75, 3.05) is 23.8 Å². The maximum atomic E-state index is 9.14. The second-order valence-electron chi connectivity index (χ2n) is 4.38. The lowest BCUT2D eigenvalue weighted by molar-refractivity contribution is 0.234. The van der Waals surface area contributed by atoms with Gasteiger partial charge in [-0.1, -0.05) is 6.92 Å². The summed E-state index contributed by atoms with van der Waals surface area (Å²) in [4.78, 5) is 8.43. The largest absolute Gasteiger partial charge is 0.394 e. The Hall–Kier alpha value is -1.36. The van der Waals surface area contributed by atoms with Crippen LogP contribution in [0.3, 0.4) is 0 Å². The summed E-state index contributed by atoms with van der Waals surface area (Å²) in [6.07, 6.45) is 4.38. The Morgan fingerprint density at radius 1 is 1.31 bits per heavy atom. The number of hydrogen-bond donors (Lipinski definition) is 3. The van der Waals surface area contributed by atoms with Gasteiger partial charge in [0, 0.05) is 6.54 Å². The van der Waals surface area contributed by atoms with Gasteiger partial charge in [-0.3, -0.25) is 4.98 Å². The second kappa shape index (κ2) is 5.65. The molecule has 0 radical (unpaired) electrons. The van der Waals surface area contributed by atoms with Crippen LogP contribution in [0.15, 0.2) is 12.4 Å². The smallest absolute Gasteiger partial charge is 0.147 e. The highest BCUT2D eigenvalue weighted by Crippen LogP contribution is 2.13. The van der Waals surface area contributed by atoms with Crippen molar-refractivity contribution >= 4 is 11.6 Å². The molecule has 1 heterocycles. The van der Waals surface area contributed by atoms with Gasteiger partial charge in [-0.05, 0) is 20.3 Å². The van der Waals surface area contributed by atoms with Gasteiger partial charge in [0.15, 0.2) is 0 Å². The Morgan fingerprint density at radius 2 is 2.00 bits per heavy atom. The molecule has 0 aliphatic rings. The van der Waals surface area contributed by atoms with Gasteiger partial charge in [-0.15, -0.1) is 0 Å². The molecule has 5 nitrogen and oxygen atoms in total. The molecule has 0 saturated heterocycles. The van der Waals surface area contributed by atoms with Crippen LogP contribution in [-0.4, -0.2) is 33.8 Å². The number of anilines is 2. The fourth-order valence-electron chi connectivity index (χ4n) is 1.15. The van der Waals surface area contributed by atoms with Gasteiger partial charge < -0.3 is 15.7 Å². The molecular weight excluding hydrogens is 204 g/mol. The molecular formula is C11H20N4O. The van der Waals surface area contributed by atoms with E-state index in [-0.39, 0.29) is 6.61 Å². The Morgan fingerprint density at radius 3 is 2.62 bits per heavy atom. The SMILES string of the molecule is CCCNc1cncc(NC(C)(C)CO)n1. The predicted octanol–water partition coefficient (Wildman–Crippen LogP) is 1.48. The molecule has 16 heavy (non-hydrogen) atoms. The zero-order chi connectivity index (χ0) is 12.0. The number of hydrogen-bond acceptors (Lipinski definition) is 5. The Balaban J connectivity index is 2.67. The van der Waals surface area contributed by atoms with E-state index in [1.807, 2.05) is 13.8 Å². The molecule has 0 aliphatic carbocycles. The highest BCUT2D eigenvalue weighted by atomic mass is 16.3. The molecule has 0 aromatic carbocycles. The van der Waals surface area contributed by atoms with Gasteiger partial charge in [0.1, 0.15) is 11.6 Å². The Labute approximate surface area is 96.3 Å². The summed E-state index contributed by atoms with van der Waals surface area (Å²) >= 11 is 0. The third-order valence-electron chi connectivity index (χ3n) is 2.05. The predicted molar refractivity (Wildman–Crippen MR) is 65.6 cm³/mol. The van der Waals surface area contributed by atoms with Gasteiger partial charge >= 0.3 is 0 Å². The fourth-order valence-corrected chi connectivity index (χ4v) is 1.15. The molecule has 0 atom stereocenters. The van der Waals surface area contributed by atoms with E-state index in [9.17, 15) is 0 Å². The molecule has 0 aliphatic heterocycles. The first-order valence-corrected chi connectivity index (χ1v) is 5.52. The second-order valence-corrected chi connectivity index (χ2v) is 4.38. The van der Waals surface area contributed by atoms with Gasteiger partial charge in [-0.25, -0.2) is 4.98 Å². The minimum Gasteiger partial charge on any atom is -0.394 e. The van der Waals surface area contributed by atoms with Crippen molar-refractivity contribution < 1.29 is 5.11 Å². The standard InChI is InChI=1S/C11H20N4O/c1-4-5-13-9-6-12-7-10(14-9)15-11(2,3)8-16/h6-7,16H,4-5,8H2,1-3H3,(H2,13,14,15). The average Bonchev–Trinajstić information content (AvgIpc) is 2.26. The fraction of sp³-hybridized carbons (Fsp3) is 0.636. The summed E-state index contributed by atoms with van der Waals surface area (Å²) in [6, 6.07) is 0. The third kappa shape index (κ3) is 4.02. The Bertz CT molecular complexity index is 328. The zero-order valence-electron chi connectivity index (χ0n) is 10.1. The van der Waals surface area contributed by atoms with Crippen LogP contribution in [0.2, 0.25) is 0 Å². The lowest BCUT2D eigenvalue weighted by Gasteiger charge is -2.24. The molecule has 1 aromatic rings. The van der Waals surface area contributed by atoms with E-state index in [0.717, 1.165) is 18.8 Å². The van der Waals surface area contributed by atoms with Crippen LogP contribution in [0.4, 0.5) is 11.6 Å². The molecule has 1 rings (SSSR count). The summed E-state index contributed by atoms with van der Waals surface area (Å²) in [5, 5.41) is 15.4.